The van der Waals surface area contributed by atoms with Gasteiger partial charge in [-0.3, -0.25) is 14.6 Å². The van der Waals surface area contributed by atoms with E-state index in [9.17, 15) is 13.2 Å². The molecule has 226 valence electrons. The Morgan fingerprint density at radius 1 is 1.00 bits per heavy atom. The molecule has 12 heteroatoms. The SMILES string of the molecule is O=C1C(=Cc2cc(-c3ccc(Cl)cc3Cl)ccc2OCCN2CCOCC2)SC(=S)N1CCCS(=O)(=O)c1ccccc1. The molecule has 0 N–H and O–H groups in total. The van der Waals surface area contributed by atoms with Gasteiger partial charge in [-0.25, -0.2) is 8.42 Å². The molecule has 2 aliphatic rings. The van der Waals surface area contributed by atoms with Gasteiger partial charge in [0.25, 0.3) is 5.91 Å². The lowest BCUT2D eigenvalue weighted by Crippen LogP contribution is -2.38. The summed E-state index contributed by atoms with van der Waals surface area (Å²) in [5, 5.41) is 1.05. The van der Waals surface area contributed by atoms with Gasteiger partial charge in [0.1, 0.15) is 16.7 Å². The number of halogens is 2. The van der Waals surface area contributed by atoms with Crippen molar-refractivity contribution in [1.82, 2.24) is 9.80 Å². The maximum absolute atomic E-state index is 13.4. The topological polar surface area (TPSA) is 76.2 Å². The van der Waals surface area contributed by atoms with Crippen molar-refractivity contribution >= 4 is 73.3 Å². The van der Waals surface area contributed by atoms with Gasteiger partial charge in [-0.05, 0) is 54.5 Å². The van der Waals surface area contributed by atoms with Gasteiger partial charge in [0.2, 0.25) is 0 Å². The molecule has 3 aromatic carbocycles. The average Bonchev–Trinajstić information content (AvgIpc) is 3.26. The number of morpholine rings is 1. The number of amides is 1. The highest BCUT2D eigenvalue weighted by Crippen LogP contribution is 2.37. The summed E-state index contributed by atoms with van der Waals surface area (Å²) in [5.74, 6) is 0.278. The number of carbonyl (C=O) groups is 1. The number of ether oxygens (including phenoxy) is 2. The summed E-state index contributed by atoms with van der Waals surface area (Å²) in [5.41, 5.74) is 2.35. The average molecular weight is 678 g/mol. The number of sulfone groups is 1. The summed E-state index contributed by atoms with van der Waals surface area (Å²) in [4.78, 5) is 17.9. The third-order valence-electron chi connectivity index (χ3n) is 7.08. The van der Waals surface area contributed by atoms with Crippen LogP contribution in [0.15, 0.2) is 76.5 Å². The molecule has 1 amide bonds. The number of rotatable bonds is 11. The Bertz CT molecular complexity index is 1630. The first-order chi connectivity index (χ1) is 20.7. The fourth-order valence-electron chi connectivity index (χ4n) is 4.79. The fraction of sp³-hybridized carbons (Fsp3) is 0.290. The molecule has 7 nitrogen and oxygen atoms in total. The molecule has 0 aromatic heterocycles. The van der Waals surface area contributed by atoms with Crippen molar-refractivity contribution in [3.8, 4) is 16.9 Å². The number of nitrogens with zero attached hydrogens (tertiary/aromatic N) is 2. The van der Waals surface area contributed by atoms with E-state index in [1.165, 1.54) is 16.7 Å². The van der Waals surface area contributed by atoms with Crippen molar-refractivity contribution in [3.05, 3.63) is 87.2 Å². The van der Waals surface area contributed by atoms with Crippen molar-refractivity contribution in [2.75, 3.05) is 51.8 Å². The monoisotopic (exact) mass is 676 g/mol. The second-order valence-electron chi connectivity index (χ2n) is 10.00. The van der Waals surface area contributed by atoms with E-state index in [0.717, 1.165) is 30.8 Å². The molecule has 43 heavy (non-hydrogen) atoms. The number of benzene rings is 3. The summed E-state index contributed by atoms with van der Waals surface area (Å²) < 4.78 is 37.4. The fourth-order valence-corrected chi connectivity index (χ4v) is 7.92. The van der Waals surface area contributed by atoms with E-state index in [1.54, 1.807) is 48.5 Å². The molecule has 0 atom stereocenters. The predicted molar refractivity (Wildman–Crippen MR) is 178 cm³/mol. The molecule has 0 saturated carbocycles. The van der Waals surface area contributed by atoms with Gasteiger partial charge in [0, 0.05) is 47.4 Å². The Morgan fingerprint density at radius 3 is 2.51 bits per heavy atom. The summed E-state index contributed by atoms with van der Waals surface area (Å²) >= 11 is 19.3. The number of hydrogen-bond donors (Lipinski definition) is 0. The first-order valence-corrected chi connectivity index (χ1v) is 17.4. The van der Waals surface area contributed by atoms with Crippen LogP contribution in [0.3, 0.4) is 0 Å². The lowest BCUT2D eigenvalue weighted by atomic mass is 10.0. The highest BCUT2D eigenvalue weighted by Gasteiger charge is 2.32. The molecule has 2 saturated heterocycles. The quantitative estimate of drug-likeness (QED) is 0.170. The zero-order valence-corrected chi connectivity index (χ0v) is 27.2. The molecule has 0 unspecified atom stereocenters. The standard InChI is InChI=1S/C31H30Cl2N2O5S3/c32-24-8-9-26(27(33)21-24)22-7-10-28(40-17-14-34-12-15-39-16-13-34)23(19-22)20-29-30(36)35(31(41)42-29)11-4-18-43(37,38)25-5-2-1-3-6-25/h1-3,5-10,19-21H,4,11-18H2. The van der Waals surface area contributed by atoms with E-state index >= 15 is 0 Å². The lowest BCUT2D eigenvalue weighted by molar-refractivity contribution is -0.122. The maximum Gasteiger partial charge on any atom is 0.266 e. The summed E-state index contributed by atoms with van der Waals surface area (Å²) in [6, 6.07) is 19.3. The zero-order valence-electron chi connectivity index (χ0n) is 23.2. The largest absolute Gasteiger partial charge is 0.492 e. The van der Waals surface area contributed by atoms with Gasteiger partial charge in [0.15, 0.2) is 9.84 Å². The zero-order chi connectivity index (χ0) is 30.4. The van der Waals surface area contributed by atoms with E-state index < -0.39 is 9.84 Å². The highest BCUT2D eigenvalue weighted by atomic mass is 35.5. The maximum atomic E-state index is 13.4. The third kappa shape index (κ3) is 8.19. The molecular formula is C31H30Cl2N2O5S3. The minimum atomic E-state index is -3.46. The first kappa shape index (κ1) is 32.0. The number of thiocarbonyl (C=S) groups is 1. The van der Waals surface area contributed by atoms with Gasteiger partial charge in [0.05, 0.1) is 28.8 Å². The smallest absolute Gasteiger partial charge is 0.266 e. The van der Waals surface area contributed by atoms with Crippen LogP contribution in [0.4, 0.5) is 0 Å². The molecular weight excluding hydrogens is 647 g/mol. The van der Waals surface area contributed by atoms with Crippen molar-refractivity contribution in [2.45, 2.75) is 11.3 Å². The highest BCUT2D eigenvalue weighted by molar-refractivity contribution is 8.26. The van der Waals surface area contributed by atoms with Gasteiger partial charge >= 0.3 is 0 Å². The third-order valence-corrected chi connectivity index (χ3v) is 10.8. The van der Waals surface area contributed by atoms with Crippen LogP contribution in [0.2, 0.25) is 10.0 Å². The second kappa shape index (κ2) is 14.6. The molecule has 0 bridgehead atoms. The van der Waals surface area contributed by atoms with E-state index in [0.29, 0.717) is 50.4 Å². The molecule has 2 aliphatic heterocycles. The Hall–Kier alpha value is -2.44. The van der Waals surface area contributed by atoms with Gasteiger partial charge in [-0.15, -0.1) is 0 Å². The Balaban J connectivity index is 1.34. The molecule has 5 rings (SSSR count). The minimum Gasteiger partial charge on any atom is -0.492 e. The van der Waals surface area contributed by atoms with Crippen molar-refractivity contribution in [3.63, 3.8) is 0 Å². The number of carbonyl (C=O) groups excluding carboxylic acids is 1. The summed E-state index contributed by atoms with van der Waals surface area (Å²) in [6.07, 6.45) is 2.04. The molecule has 2 heterocycles. The lowest BCUT2D eigenvalue weighted by Gasteiger charge is -2.26. The van der Waals surface area contributed by atoms with Crippen molar-refractivity contribution < 1.29 is 22.7 Å². The van der Waals surface area contributed by atoms with Crippen LogP contribution in [0, 0.1) is 0 Å². The van der Waals surface area contributed by atoms with Crippen LogP contribution in [0.5, 0.6) is 5.75 Å². The Morgan fingerprint density at radius 2 is 1.77 bits per heavy atom. The summed E-state index contributed by atoms with van der Waals surface area (Å²) in [6.45, 7) is 4.57. The van der Waals surface area contributed by atoms with E-state index in [-0.39, 0.29) is 29.5 Å². The Kier molecular flexibility index (Phi) is 10.8. The van der Waals surface area contributed by atoms with E-state index in [4.69, 9.17) is 44.9 Å². The second-order valence-corrected chi connectivity index (χ2v) is 14.6. The number of thioether (sulfide) groups is 1. The van der Waals surface area contributed by atoms with Crippen LogP contribution in [0.1, 0.15) is 12.0 Å². The van der Waals surface area contributed by atoms with Crippen LogP contribution < -0.4 is 4.74 Å². The van der Waals surface area contributed by atoms with Crippen LogP contribution in [-0.4, -0.2) is 80.2 Å². The number of hydrogen-bond acceptors (Lipinski definition) is 8. The molecule has 0 aliphatic carbocycles. The molecule has 3 aromatic rings. The van der Waals surface area contributed by atoms with Gasteiger partial charge in [-0.1, -0.05) is 77.5 Å². The van der Waals surface area contributed by atoms with Crippen molar-refractivity contribution in [2.24, 2.45) is 0 Å². The van der Waals surface area contributed by atoms with Crippen LogP contribution in [0.25, 0.3) is 17.2 Å². The Labute approximate surface area is 271 Å². The predicted octanol–water partition coefficient (Wildman–Crippen LogP) is 6.44. The molecule has 0 radical (unpaired) electrons. The summed E-state index contributed by atoms with van der Waals surface area (Å²) in [7, 11) is -3.46. The molecule has 0 spiro atoms. The van der Waals surface area contributed by atoms with Gasteiger partial charge < -0.3 is 9.47 Å². The normalized spacial score (nSPS) is 17.2. The minimum absolute atomic E-state index is 0.0852. The molecule has 2 fully saturated rings. The van der Waals surface area contributed by atoms with Crippen LogP contribution in [-0.2, 0) is 19.4 Å². The van der Waals surface area contributed by atoms with E-state index in [1.807, 2.05) is 24.3 Å². The van der Waals surface area contributed by atoms with Gasteiger partial charge in [-0.2, -0.15) is 0 Å². The van der Waals surface area contributed by atoms with Crippen LogP contribution >= 0.6 is 47.2 Å². The van der Waals surface area contributed by atoms with E-state index in [2.05, 4.69) is 4.90 Å². The first-order valence-electron chi connectivity index (χ1n) is 13.8. The van der Waals surface area contributed by atoms with Crippen molar-refractivity contribution in [1.29, 1.82) is 0 Å².